The molecule has 1 atom stereocenters. The van der Waals surface area contributed by atoms with Crippen LogP contribution in [0.2, 0.25) is 0 Å². The molecule has 18 heavy (non-hydrogen) atoms. The first kappa shape index (κ1) is 14.3. The van der Waals surface area contributed by atoms with Gasteiger partial charge in [-0.3, -0.25) is 4.90 Å². The molecule has 1 heterocycles. The first-order valence-electron chi connectivity index (χ1n) is 7.68. The highest BCUT2D eigenvalue weighted by Crippen LogP contribution is 2.36. The van der Waals surface area contributed by atoms with E-state index >= 15 is 0 Å². The first-order valence-corrected chi connectivity index (χ1v) is 7.68. The second-order valence-electron chi connectivity index (χ2n) is 6.39. The van der Waals surface area contributed by atoms with Gasteiger partial charge in [0.25, 0.3) is 0 Å². The van der Waals surface area contributed by atoms with Crippen LogP contribution >= 0.6 is 0 Å². The molecule has 0 aromatic rings. The predicted octanol–water partition coefficient (Wildman–Crippen LogP) is 2.39. The van der Waals surface area contributed by atoms with Crippen LogP contribution in [0.5, 0.6) is 0 Å². The number of ether oxygens (including phenoxy) is 1. The topological polar surface area (TPSA) is 38.5 Å². The molecule has 3 heteroatoms. The van der Waals surface area contributed by atoms with Gasteiger partial charge in [-0.15, -0.1) is 0 Å². The van der Waals surface area contributed by atoms with Crippen molar-refractivity contribution in [3.63, 3.8) is 0 Å². The number of rotatable bonds is 3. The van der Waals surface area contributed by atoms with Crippen molar-refractivity contribution in [3.05, 3.63) is 0 Å². The van der Waals surface area contributed by atoms with Gasteiger partial charge in [0.05, 0.1) is 6.10 Å². The highest BCUT2D eigenvalue weighted by molar-refractivity contribution is 4.97. The van der Waals surface area contributed by atoms with Crippen LogP contribution in [0.15, 0.2) is 0 Å². The maximum Gasteiger partial charge on any atom is 0.0572 e. The monoisotopic (exact) mass is 254 g/mol. The van der Waals surface area contributed by atoms with Crippen molar-refractivity contribution >= 4 is 0 Å². The van der Waals surface area contributed by atoms with Crippen molar-refractivity contribution in [1.82, 2.24) is 4.90 Å². The quantitative estimate of drug-likeness (QED) is 0.840. The first-order chi connectivity index (χ1) is 8.70. The molecule has 1 saturated heterocycles. The molecule has 2 aliphatic rings. The minimum atomic E-state index is 0.277. The third-order valence-corrected chi connectivity index (χ3v) is 5.26. The largest absolute Gasteiger partial charge is 0.381 e. The molecule has 3 nitrogen and oxygen atoms in total. The molecular formula is C15H30N2O. The average Bonchev–Trinajstić information content (AvgIpc) is 2.64. The zero-order chi connectivity index (χ0) is 13.0. The minimum Gasteiger partial charge on any atom is -0.381 e. The SMILES string of the molecule is COC1CCC(CN)(N2CCCC(C)CC2)CC1. The van der Waals surface area contributed by atoms with Crippen LogP contribution in [0, 0.1) is 5.92 Å². The van der Waals surface area contributed by atoms with E-state index in [0.717, 1.165) is 12.5 Å². The Kier molecular flexibility index (Phi) is 5.05. The van der Waals surface area contributed by atoms with E-state index in [1.807, 2.05) is 7.11 Å². The van der Waals surface area contributed by atoms with Gasteiger partial charge in [0.2, 0.25) is 0 Å². The molecule has 1 aliphatic heterocycles. The average molecular weight is 254 g/mol. The van der Waals surface area contributed by atoms with Crippen LogP contribution < -0.4 is 5.73 Å². The smallest absolute Gasteiger partial charge is 0.0572 e. The van der Waals surface area contributed by atoms with Crippen molar-refractivity contribution in [3.8, 4) is 0 Å². The lowest BCUT2D eigenvalue weighted by Crippen LogP contribution is -2.56. The van der Waals surface area contributed by atoms with Crippen LogP contribution in [0.3, 0.4) is 0 Å². The minimum absolute atomic E-state index is 0.277. The Hall–Kier alpha value is -0.120. The van der Waals surface area contributed by atoms with Gasteiger partial charge in [-0.05, 0) is 64.0 Å². The van der Waals surface area contributed by atoms with Crippen molar-refractivity contribution in [2.75, 3.05) is 26.7 Å². The molecule has 1 unspecified atom stereocenters. The molecule has 0 aromatic carbocycles. The highest BCUT2D eigenvalue weighted by atomic mass is 16.5. The summed E-state index contributed by atoms with van der Waals surface area (Å²) >= 11 is 0. The third-order valence-electron chi connectivity index (χ3n) is 5.26. The lowest BCUT2D eigenvalue weighted by atomic mass is 9.78. The molecule has 2 fully saturated rings. The molecule has 1 saturated carbocycles. The summed E-state index contributed by atoms with van der Waals surface area (Å²) in [6.45, 7) is 5.70. The third kappa shape index (κ3) is 3.06. The van der Waals surface area contributed by atoms with Gasteiger partial charge in [-0.1, -0.05) is 6.92 Å². The summed E-state index contributed by atoms with van der Waals surface area (Å²) in [5.41, 5.74) is 6.44. The highest BCUT2D eigenvalue weighted by Gasteiger charge is 2.39. The van der Waals surface area contributed by atoms with Gasteiger partial charge in [-0.2, -0.15) is 0 Å². The molecule has 0 amide bonds. The summed E-state index contributed by atoms with van der Waals surface area (Å²) in [4.78, 5) is 2.71. The van der Waals surface area contributed by atoms with Crippen LogP contribution in [0.1, 0.15) is 51.9 Å². The van der Waals surface area contributed by atoms with E-state index in [-0.39, 0.29) is 5.54 Å². The van der Waals surface area contributed by atoms with E-state index in [4.69, 9.17) is 10.5 Å². The number of hydrogen-bond acceptors (Lipinski definition) is 3. The number of nitrogens with two attached hydrogens (primary N) is 1. The number of nitrogens with zero attached hydrogens (tertiary/aromatic N) is 1. The normalized spacial score (nSPS) is 39.5. The Bertz CT molecular complexity index is 249. The van der Waals surface area contributed by atoms with E-state index in [9.17, 15) is 0 Å². The van der Waals surface area contributed by atoms with Crippen LogP contribution in [0.4, 0.5) is 0 Å². The van der Waals surface area contributed by atoms with Crippen LogP contribution in [-0.4, -0.2) is 43.3 Å². The molecule has 0 aromatic heterocycles. The maximum absolute atomic E-state index is 6.16. The van der Waals surface area contributed by atoms with Gasteiger partial charge in [0, 0.05) is 19.2 Å². The van der Waals surface area contributed by atoms with E-state index < -0.39 is 0 Å². The maximum atomic E-state index is 6.16. The zero-order valence-electron chi connectivity index (χ0n) is 12.2. The Morgan fingerprint density at radius 1 is 1.17 bits per heavy atom. The molecule has 2 rings (SSSR count). The summed E-state index contributed by atoms with van der Waals surface area (Å²) in [6, 6.07) is 0. The predicted molar refractivity (Wildman–Crippen MR) is 75.6 cm³/mol. The number of hydrogen-bond donors (Lipinski definition) is 1. The Labute approximate surface area is 112 Å². The van der Waals surface area contributed by atoms with Crippen molar-refractivity contribution in [2.45, 2.75) is 63.5 Å². The summed E-state index contributed by atoms with van der Waals surface area (Å²) in [5, 5.41) is 0. The van der Waals surface area contributed by atoms with E-state index in [0.29, 0.717) is 6.10 Å². The Morgan fingerprint density at radius 3 is 2.50 bits per heavy atom. The molecule has 2 N–H and O–H groups in total. The van der Waals surface area contributed by atoms with Gasteiger partial charge >= 0.3 is 0 Å². The van der Waals surface area contributed by atoms with Crippen molar-refractivity contribution in [1.29, 1.82) is 0 Å². The van der Waals surface area contributed by atoms with Gasteiger partial charge < -0.3 is 10.5 Å². The molecular weight excluding hydrogens is 224 g/mol. The standard InChI is InChI=1S/C15H30N2O/c1-13-4-3-10-17(11-7-13)15(12-16)8-5-14(18-2)6-9-15/h13-14H,3-12,16H2,1-2H3. The van der Waals surface area contributed by atoms with E-state index in [2.05, 4.69) is 11.8 Å². The fraction of sp³-hybridized carbons (Fsp3) is 1.00. The van der Waals surface area contributed by atoms with Crippen molar-refractivity contribution in [2.24, 2.45) is 11.7 Å². The second kappa shape index (κ2) is 6.36. The molecule has 106 valence electrons. The zero-order valence-corrected chi connectivity index (χ0v) is 12.2. The molecule has 1 aliphatic carbocycles. The van der Waals surface area contributed by atoms with Gasteiger partial charge in [-0.25, -0.2) is 0 Å². The number of likely N-dealkylation sites (tertiary alicyclic amines) is 1. The Balaban J connectivity index is 1.98. The summed E-state index contributed by atoms with van der Waals surface area (Å²) < 4.78 is 5.50. The van der Waals surface area contributed by atoms with Gasteiger partial charge in [0.15, 0.2) is 0 Å². The van der Waals surface area contributed by atoms with E-state index in [1.54, 1.807) is 0 Å². The summed E-state index contributed by atoms with van der Waals surface area (Å²) in [6.07, 6.45) is 9.34. The Morgan fingerprint density at radius 2 is 1.89 bits per heavy atom. The summed E-state index contributed by atoms with van der Waals surface area (Å²) in [7, 11) is 1.84. The second-order valence-corrected chi connectivity index (χ2v) is 6.39. The van der Waals surface area contributed by atoms with Crippen molar-refractivity contribution < 1.29 is 4.74 Å². The molecule has 0 radical (unpaired) electrons. The summed E-state index contributed by atoms with van der Waals surface area (Å²) in [5.74, 6) is 0.889. The fourth-order valence-electron chi connectivity index (χ4n) is 3.75. The lowest BCUT2D eigenvalue weighted by molar-refractivity contribution is -0.00598. The molecule has 0 spiro atoms. The lowest BCUT2D eigenvalue weighted by Gasteiger charge is -2.47. The van der Waals surface area contributed by atoms with E-state index in [1.165, 1.54) is 58.0 Å². The van der Waals surface area contributed by atoms with Crippen LogP contribution in [-0.2, 0) is 4.74 Å². The fourth-order valence-corrected chi connectivity index (χ4v) is 3.75. The number of methoxy groups -OCH3 is 1. The van der Waals surface area contributed by atoms with Gasteiger partial charge in [0.1, 0.15) is 0 Å². The van der Waals surface area contributed by atoms with Crippen LogP contribution in [0.25, 0.3) is 0 Å². The molecule has 0 bridgehead atoms.